The largest absolute Gasteiger partial charge is 0.377 e. The van der Waals surface area contributed by atoms with Crippen LogP contribution in [0.3, 0.4) is 0 Å². The predicted octanol–water partition coefficient (Wildman–Crippen LogP) is 2.47. The number of anilines is 1. The monoisotopic (exact) mass is 270 g/mol. The lowest BCUT2D eigenvalue weighted by atomic mass is 10.1. The topological polar surface area (TPSA) is 72.2 Å². The van der Waals surface area contributed by atoms with E-state index in [0.717, 1.165) is 5.56 Å². The molecular formula is C12H18N2O3S. The Morgan fingerprint density at radius 2 is 2.17 bits per heavy atom. The third kappa shape index (κ3) is 4.44. The van der Waals surface area contributed by atoms with E-state index in [2.05, 4.69) is 5.32 Å². The Morgan fingerprint density at radius 3 is 2.72 bits per heavy atom. The third-order valence-electron chi connectivity index (χ3n) is 2.59. The van der Waals surface area contributed by atoms with Gasteiger partial charge in [0.1, 0.15) is 5.69 Å². The second kappa shape index (κ2) is 6.49. The summed E-state index contributed by atoms with van der Waals surface area (Å²) in [6, 6.07) is 5.15. The Kier molecular flexibility index (Phi) is 5.27. The number of aryl methyl sites for hydroxylation is 1. The molecule has 0 amide bonds. The van der Waals surface area contributed by atoms with Crippen LogP contribution in [0.25, 0.3) is 0 Å². The minimum Gasteiger partial charge on any atom is -0.377 e. The minimum atomic E-state index is -0.836. The fourth-order valence-electron chi connectivity index (χ4n) is 1.60. The van der Waals surface area contributed by atoms with Crippen molar-refractivity contribution in [2.45, 2.75) is 26.3 Å². The first-order valence-electron chi connectivity index (χ1n) is 5.71. The van der Waals surface area contributed by atoms with Gasteiger partial charge >= 0.3 is 0 Å². The number of benzene rings is 1. The summed E-state index contributed by atoms with van der Waals surface area (Å²) in [5.41, 5.74) is 1.45. The maximum Gasteiger partial charge on any atom is 0.292 e. The van der Waals surface area contributed by atoms with Crippen LogP contribution in [0.1, 0.15) is 18.9 Å². The Bertz CT molecular complexity index is 463. The van der Waals surface area contributed by atoms with E-state index in [1.807, 2.05) is 19.9 Å². The number of rotatable bonds is 6. The maximum absolute atomic E-state index is 11.0. The van der Waals surface area contributed by atoms with Crippen molar-refractivity contribution in [1.82, 2.24) is 0 Å². The molecule has 0 fully saturated rings. The van der Waals surface area contributed by atoms with Gasteiger partial charge in [0.25, 0.3) is 5.69 Å². The lowest BCUT2D eigenvalue weighted by Crippen LogP contribution is -2.18. The number of nitrogens with one attached hydrogen (secondary N) is 1. The SMILES string of the molecule is Cc1ccc(NC(C)CCS(C)=O)c([N+](=O)[O-])c1. The normalized spacial score (nSPS) is 13.9. The van der Waals surface area contributed by atoms with Crippen LogP contribution >= 0.6 is 0 Å². The van der Waals surface area contributed by atoms with Gasteiger partial charge in [-0.3, -0.25) is 14.3 Å². The number of nitro benzene ring substituents is 1. The van der Waals surface area contributed by atoms with E-state index in [4.69, 9.17) is 0 Å². The van der Waals surface area contributed by atoms with Crippen molar-refractivity contribution < 1.29 is 9.13 Å². The maximum atomic E-state index is 11.0. The molecule has 100 valence electrons. The molecule has 0 aliphatic rings. The zero-order valence-corrected chi connectivity index (χ0v) is 11.6. The van der Waals surface area contributed by atoms with Gasteiger partial charge in [-0.05, 0) is 31.9 Å². The van der Waals surface area contributed by atoms with Crippen molar-refractivity contribution in [3.63, 3.8) is 0 Å². The minimum absolute atomic E-state index is 0.0512. The molecule has 0 saturated carbocycles. The van der Waals surface area contributed by atoms with E-state index in [1.165, 1.54) is 0 Å². The van der Waals surface area contributed by atoms with Gasteiger partial charge in [-0.15, -0.1) is 0 Å². The van der Waals surface area contributed by atoms with Crippen molar-refractivity contribution in [1.29, 1.82) is 0 Å². The van der Waals surface area contributed by atoms with Crippen LogP contribution in [0.4, 0.5) is 11.4 Å². The molecular weight excluding hydrogens is 252 g/mol. The average molecular weight is 270 g/mol. The van der Waals surface area contributed by atoms with Gasteiger partial charge in [-0.1, -0.05) is 6.07 Å². The van der Waals surface area contributed by atoms with Gasteiger partial charge in [0, 0.05) is 34.9 Å². The van der Waals surface area contributed by atoms with Crippen molar-refractivity contribution in [2.24, 2.45) is 0 Å². The van der Waals surface area contributed by atoms with Crippen LogP contribution in [0.15, 0.2) is 18.2 Å². The summed E-state index contributed by atoms with van der Waals surface area (Å²) in [4.78, 5) is 10.5. The molecule has 2 unspecified atom stereocenters. The summed E-state index contributed by atoms with van der Waals surface area (Å²) in [5.74, 6) is 0.591. The molecule has 0 aliphatic heterocycles. The molecule has 2 atom stereocenters. The van der Waals surface area contributed by atoms with E-state index in [-0.39, 0.29) is 16.7 Å². The summed E-state index contributed by atoms with van der Waals surface area (Å²) >= 11 is 0. The molecule has 5 nitrogen and oxygen atoms in total. The highest BCUT2D eigenvalue weighted by molar-refractivity contribution is 7.84. The first kappa shape index (κ1) is 14.6. The third-order valence-corrected chi connectivity index (χ3v) is 3.40. The molecule has 0 bridgehead atoms. The van der Waals surface area contributed by atoms with Gasteiger partial charge in [0.15, 0.2) is 0 Å². The van der Waals surface area contributed by atoms with Crippen LogP contribution in [0.2, 0.25) is 0 Å². The van der Waals surface area contributed by atoms with Gasteiger partial charge in [0.2, 0.25) is 0 Å². The van der Waals surface area contributed by atoms with E-state index in [1.54, 1.807) is 18.4 Å². The lowest BCUT2D eigenvalue weighted by molar-refractivity contribution is -0.384. The fourth-order valence-corrected chi connectivity index (χ4v) is 2.28. The second-order valence-corrected chi connectivity index (χ2v) is 5.94. The molecule has 0 spiro atoms. The highest BCUT2D eigenvalue weighted by Crippen LogP contribution is 2.26. The zero-order valence-electron chi connectivity index (χ0n) is 10.8. The Hall–Kier alpha value is -1.43. The van der Waals surface area contributed by atoms with Crippen LogP contribution in [-0.2, 0) is 10.8 Å². The Morgan fingerprint density at radius 1 is 1.50 bits per heavy atom. The van der Waals surface area contributed by atoms with Crippen molar-refractivity contribution in [3.05, 3.63) is 33.9 Å². The van der Waals surface area contributed by atoms with E-state index >= 15 is 0 Å². The average Bonchev–Trinajstić information content (AvgIpc) is 2.28. The molecule has 0 aliphatic carbocycles. The molecule has 6 heteroatoms. The van der Waals surface area contributed by atoms with Crippen LogP contribution in [0.5, 0.6) is 0 Å². The lowest BCUT2D eigenvalue weighted by Gasteiger charge is -2.14. The Labute approximate surface area is 109 Å². The van der Waals surface area contributed by atoms with Crippen molar-refractivity contribution >= 4 is 22.2 Å². The fraction of sp³-hybridized carbons (Fsp3) is 0.500. The first-order valence-corrected chi connectivity index (χ1v) is 7.44. The standard InChI is InChI=1S/C12H18N2O3S/c1-9-4-5-11(12(8-9)14(15)16)13-10(2)6-7-18(3)17/h4-5,8,10,13H,6-7H2,1-3H3. The van der Waals surface area contributed by atoms with Crippen molar-refractivity contribution in [2.75, 3.05) is 17.3 Å². The molecule has 1 rings (SSSR count). The molecule has 0 aromatic heterocycles. The van der Waals surface area contributed by atoms with Gasteiger partial charge in [-0.2, -0.15) is 0 Å². The molecule has 1 N–H and O–H groups in total. The first-order chi connectivity index (χ1) is 8.40. The van der Waals surface area contributed by atoms with Gasteiger partial charge < -0.3 is 5.32 Å². The number of hydrogen-bond acceptors (Lipinski definition) is 4. The molecule has 0 heterocycles. The second-order valence-electron chi connectivity index (χ2n) is 4.39. The number of nitro groups is 1. The summed E-state index contributed by atoms with van der Waals surface area (Å²) in [6.45, 7) is 3.75. The molecule has 1 aromatic rings. The zero-order chi connectivity index (χ0) is 13.7. The summed E-state index contributed by atoms with van der Waals surface area (Å²) < 4.78 is 11.0. The van der Waals surface area contributed by atoms with Crippen LogP contribution < -0.4 is 5.32 Å². The van der Waals surface area contributed by atoms with Crippen LogP contribution in [0, 0.1) is 17.0 Å². The van der Waals surface area contributed by atoms with Crippen LogP contribution in [-0.4, -0.2) is 27.2 Å². The molecule has 18 heavy (non-hydrogen) atoms. The quantitative estimate of drug-likeness (QED) is 0.636. The smallest absolute Gasteiger partial charge is 0.292 e. The number of nitrogens with zero attached hydrogens (tertiary/aromatic N) is 1. The van der Waals surface area contributed by atoms with Crippen molar-refractivity contribution in [3.8, 4) is 0 Å². The molecule has 1 aromatic carbocycles. The van der Waals surface area contributed by atoms with E-state index in [9.17, 15) is 14.3 Å². The highest BCUT2D eigenvalue weighted by Gasteiger charge is 2.15. The highest BCUT2D eigenvalue weighted by atomic mass is 32.2. The summed E-state index contributed by atoms with van der Waals surface area (Å²) in [5, 5.41) is 14.0. The molecule has 0 radical (unpaired) electrons. The van der Waals surface area contributed by atoms with E-state index < -0.39 is 10.8 Å². The summed E-state index contributed by atoms with van der Waals surface area (Å²) in [7, 11) is -0.836. The number of hydrogen-bond donors (Lipinski definition) is 1. The van der Waals surface area contributed by atoms with Gasteiger partial charge in [-0.25, -0.2) is 0 Å². The Balaban J connectivity index is 2.77. The summed E-state index contributed by atoms with van der Waals surface area (Å²) in [6.07, 6.45) is 2.37. The predicted molar refractivity (Wildman–Crippen MR) is 74.5 cm³/mol. The molecule has 0 saturated heterocycles. The van der Waals surface area contributed by atoms with Gasteiger partial charge in [0.05, 0.1) is 4.92 Å². The van der Waals surface area contributed by atoms with E-state index in [0.29, 0.717) is 17.9 Å².